The van der Waals surface area contributed by atoms with Gasteiger partial charge in [-0.25, -0.2) is 8.78 Å². The van der Waals surface area contributed by atoms with E-state index >= 15 is 0 Å². The average molecular weight is 259 g/mol. The number of hydrogen-bond acceptors (Lipinski definition) is 1. The summed E-state index contributed by atoms with van der Waals surface area (Å²) in [5.41, 5.74) is 2.11. The average Bonchev–Trinajstić information content (AvgIpc) is 3.20. The summed E-state index contributed by atoms with van der Waals surface area (Å²) in [6.45, 7) is 0.811. The molecule has 0 bridgehead atoms. The maximum Gasteiger partial charge on any atom is 0.159 e. The third-order valence-electron chi connectivity index (χ3n) is 3.57. The lowest BCUT2D eigenvalue weighted by Gasteiger charge is -2.05. The molecule has 0 amide bonds. The smallest absolute Gasteiger partial charge is 0.159 e. The number of nitrogens with one attached hydrogen (secondary N) is 1. The Bertz CT molecular complexity index is 568. The van der Waals surface area contributed by atoms with E-state index in [1.807, 2.05) is 18.2 Å². The molecule has 1 nitrogen and oxygen atoms in total. The number of hydrogen-bond donors (Lipinski definition) is 1. The number of halogens is 2. The first-order valence-electron chi connectivity index (χ1n) is 6.46. The van der Waals surface area contributed by atoms with Crippen molar-refractivity contribution < 1.29 is 8.78 Å². The fourth-order valence-corrected chi connectivity index (χ4v) is 2.38. The van der Waals surface area contributed by atoms with Crippen LogP contribution in [0, 0.1) is 11.6 Å². The van der Waals surface area contributed by atoms with Crippen LogP contribution in [0.1, 0.15) is 23.5 Å². The van der Waals surface area contributed by atoms with Crippen molar-refractivity contribution in [3.05, 3.63) is 71.3 Å². The zero-order chi connectivity index (χ0) is 13.2. The van der Waals surface area contributed by atoms with Crippen molar-refractivity contribution in [2.45, 2.75) is 24.9 Å². The van der Waals surface area contributed by atoms with Crippen molar-refractivity contribution >= 4 is 0 Å². The van der Waals surface area contributed by atoms with E-state index in [1.54, 1.807) is 6.07 Å². The zero-order valence-corrected chi connectivity index (χ0v) is 10.4. The predicted molar refractivity (Wildman–Crippen MR) is 70.8 cm³/mol. The monoisotopic (exact) mass is 259 g/mol. The molecule has 0 heterocycles. The molecular formula is C16H15F2N. The second-order valence-electron chi connectivity index (χ2n) is 4.99. The topological polar surface area (TPSA) is 12.0 Å². The quantitative estimate of drug-likeness (QED) is 0.884. The zero-order valence-electron chi connectivity index (χ0n) is 10.4. The molecular weight excluding hydrogens is 244 g/mol. The van der Waals surface area contributed by atoms with E-state index in [0.717, 1.165) is 18.5 Å². The van der Waals surface area contributed by atoms with Gasteiger partial charge < -0.3 is 5.32 Å². The van der Waals surface area contributed by atoms with Gasteiger partial charge in [0.25, 0.3) is 0 Å². The van der Waals surface area contributed by atoms with E-state index in [-0.39, 0.29) is 0 Å². The molecule has 1 saturated carbocycles. The van der Waals surface area contributed by atoms with Crippen molar-refractivity contribution in [1.29, 1.82) is 0 Å². The summed E-state index contributed by atoms with van der Waals surface area (Å²) in [7, 11) is 0. The highest BCUT2D eigenvalue weighted by molar-refractivity contribution is 5.29. The Morgan fingerprint density at radius 2 is 1.79 bits per heavy atom. The van der Waals surface area contributed by atoms with Crippen molar-refractivity contribution in [3.8, 4) is 0 Å². The summed E-state index contributed by atoms with van der Waals surface area (Å²) < 4.78 is 26.0. The molecule has 0 unspecified atom stereocenters. The highest BCUT2D eigenvalue weighted by Crippen LogP contribution is 2.41. The maximum atomic E-state index is 13.1. The largest absolute Gasteiger partial charge is 0.309 e. The van der Waals surface area contributed by atoms with Crippen molar-refractivity contribution in [1.82, 2.24) is 5.32 Å². The van der Waals surface area contributed by atoms with Crippen LogP contribution in [0.3, 0.4) is 0 Å². The molecule has 2 aromatic carbocycles. The normalized spacial score (nSPS) is 21.4. The Labute approximate surface area is 111 Å². The van der Waals surface area contributed by atoms with Gasteiger partial charge in [-0.2, -0.15) is 0 Å². The summed E-state index contributed by atoms with van der Waals surface area (Å²) in [5.74, 6) is -1.23. The van der Waals surface area contributed by atoms with Gasteiger partial charge in [-0.3, -0.25) is 0 Å². The first-order chi connectivity index (χ1) is 9.24. The van der Waals surface area contributed by atoms with Crippen molar-refractivity contribution in [2.24, 2.45) is 0 Å². The lowest BCUT2D eigenvalue weighted by molar-refractivity contribution is 0.507. The van der Waals surface area contributed by atoms with Crippen molar-refractivity contribution in [2.75, 3.05) is 0 Å². The van der Waals surface area contributed by atoms with Crippen LogP contribution < -0.4 is 5.32 Å². The van der Waals surface area contributed by atoms with Gasteiger partial charge in [-0.05, 0) is 29.7 Å². The van der Waals surface area contributed by atoms with Crippen LogP contribution in [-0.2, 0) is 6.54 Å². The fourth-order valence-electron chi connectivity index (χ4n) is 2.38. The molecule has 2 atom stereocenters. The number of rotatable bonds is 4. The molecule has 1 aliphatic rings. The van der Waals surface area contributed by atoms with Crippen LogP contribution in [-0.4, -0.2) is 6.04 Å². The fraction of sp³-hybridized carbons (Fsp3) is 0.250. The summed E-state index contributed by atoms with van der Waals surface area (Å²) in [6.07, 6.45) is 0.984. The van der Waals surface area contributed by atoms with E-state index in [9.17, 15) is 8.78 Å². The summed E-state index contributed by atoms with van der Waals surface area (Å²) in [5, 5.41) is 3.44. The molecule has 98 valence electrons. The predicted octanol–water partition coefficient (Wildman–Crippen LogP) is 3.61. The van der Waals surface area contributed by atoms with Gasteiger partial charge in [-0.1, -0.05) is 36.4 Å². The van der Waals surface area contributed by atoms with Gasteiger partial charge in [0.15, 0.2) is 11.6 Å². The lowest BCUT2D eigenvalue weighted by Crippen LogP contribution is -2.17. The van der Waals surface area contributed by atoms with E-state index in [4.69, 9.17) is 0 Å². The Morgan fingerprint density at radius 3 is 2.53 bits per heavy atom. The molecule has 0 spiro atoms. The van der Waals surface area contributed by atoms with E-state index < -0.39 is 11.6 Å². The maximum absolute atomic E-state index is 13.1. The highest BCUT2D eigenvalue weighted by atomic mass is 19.2. The minimum atomic E-state index is -0.779. The molecule has 1 aliphatic carbocycles. The first-order valence-corrected chi connectivity index (χ1v) is 6.46. The number of benzene rings is 2. The Balaban J connectivity index is 1.57. The molecule has 2 aromatic rings. The third kappa shape index (κ3) is 2.82. The second kappa shape index (κ2) is 5.10. The molecule has 19 heavy (non-hydrogen) atoms. The molecule has 0 radical (unpaired) electrons. The van der Waals surface area contributed by atoms with E-state index in [0.29, 0.717) is 12.0 Å². The summed E-state index contributed by atoms with van der Waals surface area (Å²) >= 11 is 0. The molecule has 3 rings (SSSR count). The van der Waals surface area contributed by atoms with Gasteiger partial charge in [0, 0.05) is 18.5 Å². The molecule has 3 heteroatoms. The minimum absolute atomic E-state index is 0.304. The Hall–Kier alpha value is -1.74. The van der Waals surface area contributed by atoms with Gasteiger partial charge in [0.2, 0.25) is 0 Å². The second-order valence-corrected chi connectivity index (χ2v) is 4.99. The lowest BCUT2D eigenvalue weighted by atomic mass is 10.1. The van der Waals surface area contributed by atoms with Gasteiger partial charge in [0.1, 0.15) is 0 Å². The Kier molecular flexibility index (Phi) is 3.30. The SMILES string of the molecule is Fc1ccc([C@@H]2C[C@H]2NCc2ccccc2)cc1F. The Morgan fingerprint density at radius 1 is 1.00 bits per heavy atom. The van der Waals surface area contributed by atoms with Crippen LogP contribution in [0.25, 0.3) is 0 Å². The van der Waals surface area contributed by atoms with Crippen LogP contribution in [0.4, 0.5) is 8.78 Å². The van der Waals surface area contributed by atoms with Gasteiger partial charge in [-0.15, -0.1) is 0 Å². The summed E-state index contributed by atoms with van der Waals surface area (Å²) in [4.78, 5) is 0. The van der Waals surface area contributed by atoms with Crippen LogP contribution >= 0.6 is 0 Å². The van der Waals surface area contributed by atoms with Crippen molar-refractivity contribution in [3.63, 3.8) is 0 Å². The molecule has 1 fully saturated rings. The molecule has 0 aliphatic heterocycles. The van der Waals surface area contributed by atoms with E-state index in [2.05, 4.69) is 17.4 Å². The molecule has 1 N–H and O–H groups in total. The molecule has 0 aromatic heterocycles. The first kappa shape index (κ1) is 12.3. The van der Waals surface area contributed by atoms with Crippen LogP contribution in [0.2, 0.25) is 0 Å². The third-order valence-corrected chi connectivity index (χ3v) is 3.57. The van der Waals surface area contributed by atoms with Gasteiger partial charge >= 0.3 is 0 Å². The standard InChI is InChI=1S/C16H15F2N/c17-14-7-6-12(8-15(14)18)13-9-16(13)19-10-11-4-2-1-3-5-11/h1-8,13,16,19H,9-10H2/t13-,16+/m0/s1. The van der Waals surface area contributed by atoms with Crippen LogP contribution in [0.5, 0.6) is 0 Å². The van der Waals surface area contributed by atoms with Crippen LogP contribution in [0.15, 0.2) is 48.5 Å². The summed E-state index contributed by atoms with van der Waals surface area (Å²) in [6, 6.07) is 14.7. The minimum Gasteiger partial charge on any atom is -0.309 e. The highest BCUT2D eigenvalue weighted by Gasteiger charge is 2.38. The molecule has 0 saturated heterocycles. The van der Waals surface area contributed by atoms with E-state index in [1.165, 1.54) is 17.7 Å². The van der Waals surface area contributed by atoms with Gasteiger partial charge in [0.05, 0.1) is 0 Å².